The van der Waals surface area contributed by atoms with Crippen LogP contribution in [0.3, 0.4) is 0 Å². The molecule has 1 aromatic rings. The summed E-state index contributed by atoms with van der Waals surface area (Å²) in [5.74, 6) is 1.06. The zero-order chi connectivity index (χ0) is 11.4. The highest BCUT2D eigenvalue weighted by Gasteiger charge is 2.22. The zero-order valence-electron chi connectivity index (χ0n) is 9.32. The Morgan fingerprint density at radius 1 is 1.38 bits per heavy atom. The first kappa shape index (κ1) is 11.7. The molecule has 1 aliphatic carbocycles. The topological polar surface area (TPSA) is 32.3 Å². The summed E-state index contributed by atoms with van der Waals surface area (Å²) in [6, 6.07) is 7.38. The highest BCUT2D eigenvalue weighted by atomic mass is 35.5. The molecular formula is C13H18ClNO. The molecule has 1 fully saturated rings. The third kappa shape index (κ3) is 3.39. The van der Waals surface area contributed by atoms with Crippen molar-refractivity contribution in [2.45, 2.75) is 31.2 Å². The van der Waals surface area contributed by atoms with Gasteiger partial charge in [0.1, 0.15) is 5.75 Å². The molecule has 3 heteroatoms. The van der Waals surface area contributed by atoms with Crippen LogP contribution in [0.2, 0.25) is 0 Å². The van der Waals surface area contributed by atoms with Gasteiger partial charge in [0.15, 0.2) is 0 Å². The predicted octanol–water partition coefficient (Wildman–Crippen LogP) is 2.89. The first-order valence-corrected chi connectivity index (χ1v) is 6.30. The van der Waals surface area contributed by atoms with Gasteiger partial charge in [-0.1, -0.05) is 12.1 Å². The molecule has 2 rings (SSSR count). The van der Waals surface area contributed by atoms with E-state index in [1.165, 1.54) is 6.42 Å². The van der Waals surface area contributed by atoms with E-state index in [4.69, 9.17) is 11.6 Å². The molecule has 2 atom stereocenters. The van der Waals surface area contributed by atoms with Crippen LogP contribution in [0, 0.1) is 5.92 Å². The van der Waals surface area contributed by atoms with Crippen molar-refractivity contribution in [3.05, 3.63) is 29.8 Å². The minimum Gasteiger partial charge on any atom is -0.508 e. The van der Waals surface area contributed by atoms with Crippen molar-refractivity contribution < 1.29 is 5.11 Å². The number of aromatic hydroxyl groups is 1. The molecule has 2 nitrogen and oxygen atoms in total. The molecule has 0 aromatic heterocycles. The highest BCUT2D eigenvalue weighted by Crippen LogP contribution is 2.28. The third-order valence-corrected chi connectivity index (χ3v) is 3.55. The van der Waals surface area contributed by atoms with Crippen LogP contribution in [0.4, 0.5) is 0 Å². The molecule has 0 aliphatic heterocycles. The van der Waals surface area contributed by atoms with Crippen molar-refractivity contribution in [1.29, 1.82) is 0 Å². The van der Waals surface area contributed by atoms with Crippen LogP contribution in [-0.2, 0) is 6.54 Å². The summed E-state index contributed by atoms with van der Waals surface area (Å²) in [4.78, 5) is 0. The monoisotopic (exact) mass is 239 g/mol. The van der Waals surface area contributed by atoms with Gasteiger partial charge < -0.3 is 10.4 Å². The Morgan fingerprint density at radius 3 is 2.94 bits per heavy atom. The number of halogens is 1. The van der Waals surface area contributed by atoms with Gasteiger partial charge >= 0.3 is 0 Å². The molecule has 0 heterocycles. The molecule has 0 saturated heterocycles. The van der Waals surface area contributed by atoms with Crippen molar-refractivity contribution in [2.24, 2.45) is 5.92 Å². The molecular weight excluding hydrogens is 222 g/mol. The Hall–Kier alpha value is -0.730. The van der Waals surface area contributed by atoms with Crippen molar-refractivity contribution in [3.8, 4) is 5.75 Å². The first-order valence-electron chi connectivity index (χ1n) is 5.87. The highest BCUT2D eigenvalue weighted by molar-refractivity contribution is 6.20. The normalized spacial score (nSPS) is 24.8. The lowest BCUT2D eigenvalue weighted by molar-refractivity contribution is 0.471. The van der Waals surface area contributed by atoms with E-state index >= 15 is 0 Å². The summed E-state index contributed by atoms with van der Waals surface area (Å²) < 4.78 is 0. The van der Waals surface area contributed by atoms with Crippen LogP contribution < -0.4 is 5.32 Å². The van der Waals surface area contributed by atoms with E-state index < -0.39 is 0 Å². The number of benzene rings is 1. The van der Waals surface area contributed by atoms with Gasteiger partial charge in [-0.05, 0) is 49.4 Å². The van der Waals surface area contributed by atoms with Crippen LogP contribution >= 0.6 is 11.6 Å². The second kappa shape index (κ2) is 5.55. The number of nitrogens with one attached hydrogen (secondary N) is 1. The van der Waals surface area contributed by atoms with Crippen molar-refractivity contribution >= 4 is 11.6 Å². The summed E-state index contributed by atoms with van der Waals surface area (Å²) in [6.45, 7) is 1.84. The molecule has 1 aromatic carbocycles. The summed E-state index contributed by atoms with van der Waals surface area (Å²) in [5, 5.41) is 13.1. The molecule has 2 unspecified atom stereocenters. The summed E-state index contributed by atoms with van der Waals surface area (Å²) >= 11 is 6.06. The van der Waals surface area contributed by atoms with Gasteiger partial charge in [0.2, 0.25) is 0 Å². The molecule has 88 valence electrons. The van der Waals surface area contributed by atoms with E-state index in [0.29, 0.717) is 11.1 Å². The van der Waals surface area contributed by atoms with Crippen LogP contribution in [0.1, 0.15) is 24.8 Å². The molecule has 1 aliphatic rings. The maximum Gasteiger partial charge on any atom is 0.115 e. The van der Waals surface area contributed by atoms with E-state index in [1.54, 1.807) is 12.1 Å². The molecule has 0 amide bonds. The zero-order valence-corrected chi connectivity index (χ0v) is 10.1. The van der Waals surface area contributed by atoms with Gasteiger partial charge in [-0.25, -0.2) is 0 Å². The number of phenolic OH excluding ortho intramolecular Hbond substituents is 1. The second-order valence-electron chi connectivity index (χ2n) is 4.58. The van der Waals surface area contributed by atoms with Gasteiger partial charge in [-0.15, -0.1) is 11.6 Å². The molecule has 0 spiro atoms. The number of hydrogen-bond acceptors (Lipinski definition) is 2. The number of phenols is 1. The lowest BCUT2D eigenvalue weighted by Gasteiger charge is -2.10. The van der Waals surface area contributed by atoms with Gasteiger partial charge in [0, 0.05) is 11.9 Å². The first-order chi connectivity index (χ1) is 7.74. The maximum absolute atomic E-state index is 9.31. The number of hydrogen-bond donors (Lipinski definition) is 2. The van der Waals surface area contributed by atoms with Gasteiger partial charge in [-0.3, -0.25) is 0 Å². The number of rotatable bonds is 4. The average molecular weight is 240 g/mol. The smallest absolute Gasteiger partial charge is 0.115 e. The number of alkyl halides is 1. The SMILES string of the molecule is Oc1cccc(CNCC2CCC(Cl)C2)c1. The molecule has 2 N–H and O–H groups in total. The van der Waals surface area contributed by atoms with Crippen LogP contribution in [-0.4, -0.2) is 17.0 Å². The summed E-state index contributed by atoms with van der Waals surface area (Å²) in [7, 11) is 0. The lowest BCUT2D eigenvalue weighted by atomic mass is 10.1. The minimum absolute atomic E-state index is 0.334. The molecule has 0 bridgehead atoms. The molecule has 16 heavy (non-hydrogen) atoms. The fourth-order valence-corrected chi connectivity index (χ4v) is 2.66. The Morgan fingerprint density at radius 2 is 2.25 bits per heavy atom. The quantitative estimate of drug-likeness (QED) is 0.792. The summed E-state index contributed by atoms with van der Waals surface area (Å²) in [5.41, 5.74) is 1.13. The van der Waals surface area contributed by atoms with E-state index in [2.05, 4.69) is 5.32 Å². The second-order valence-corrected chi connectivity index (χ2v) is 5.19. The molecule has 0 radical (unpaired) electrons. The van der Waals surface area contributed by atoms with Crippen LogP contribution in [0.5, 0.6) is 5.75 Å². The van der Waals surface area contributed by atoms with E-state index in [0.717, 1.165) is 37.4 Å². The average Bonchev–Trinajstić information content (AvgIpc) is 2.64. The van der Waals surface area contributed by atoms with Crippen molar-refractivity contribution in [3.63, 3.8) is 0 Å². The predicted molar refractivity (Wildman–Crippen MR) is 66.8 cm³/mol. The Kier molecular flexibility index (Phi) is 4.08. The maximum atomic E-state index is 9.31. The minimum atomic E-state index is 0.334. The van der Waals surface area contributed by atoms with Gasteiger partial charge in [-0.2, -0.15) is 0 Å². The van der Waals surface area contributed by atoms with E-state index in [-0.39, 0.29) is 0 Å². The van der Waals surface area contributed by atoms with Crippen molar-refractivity contribution in [2.75, 3.05) is 6.54 Å². The standard InChI is InChI=1S/C13H18ClNO/c14-12-5-4-11(6-12)9-15-8-10-2-1-3-13(16)7-10/h1-3,7,11-12,15-16H,4-6,8-9H2. The Labute approximate surface area is 102 Å². The fraction of sp³-hybridized carbons (Fsp3) is 0.538. The lowest BCUT2D eigenvalue weighted by Crippen LogP contribution is -2.21. The Bertz CT molecular complexity index is 342. The van der Waals surface area contributed by atoms with Crippen molar-refractivity contribution in [1.82, 2.24) is 5.32 Å². The van der Waals surface area contributed by atoms with Gasteiger partial charge in [0.25, 0.3) is 0 Å². The largest absolute Gasteiger partial charge is 0.508 e. The van der Waals surface area contributed by atoms with E-state index in [9.17, 15) is 5.11 Å². The molecule has 1 saturated carbocycles. The van der Waals surface area contributed by atoms with Gasteiger partial charge in [0.05, 0.1) is 0 Å². The van der Waals surface area contributed by atoms with Crippen LogP contribution in [0.15, 0.2) is 24.3 Å². The van der Waals surface area contributed by atoms with E-state index in [1.807, 2.05) is 12.1 Å². The fourth-order valence-electron chi connectivity index (χ4n) is 2.29. The third-order valence-electron chi connectivity index (χ3n) is 3.15. The summed E-state index contributed by atoms with van der Waals surface area (Å²) in [6.07, 6.45) is 3.52. The Balaban J connectivity index is 1.72. The van der Waals surface area contributed by atoms with Crippen LogP contribution in [0.25, 0.3) is 0 Å².